The van der Waals surface area contributed by atoms with Gasteiger partial charge in [-0.3, -0.25) is 4.57 Å². The van der Waals surface area contributed by atoms with E-state index < -0.39 is 0 Å². The van der Waals surface area contributed by atoms with Crippen molar-refractivity contribution in [2.24, 2.45) is 0 Å². The fraction of sp³-hybridized carbons (Fsp3) is 0.200. The Labute approximate surface area is 127 Å². The highest BCUT2D eigenvalue weighted by atomic mass is 35.5. The molecular formula is C15H13Cl2N3. The summed E-state index contributed by atoms with van der Waals surface area (Å²) >= 11 is 12.4. The number of rotatable bonds is 2. The molecule has 102 valence electrons. The number of hydrogen-bond acceptors (Lipinski definition) is 2. The van der Waals surface area contributed by atoms with Gasteiger partial charge in [0, 0.05) is 6.20 Å². The number of alkyl halides is 1. The van der Waals surface area contributed by atoms with Crippen LogP contribution in [0.5, 0.6) is 0 Å². The Kier molecular flexibility index (Phi) is 3.40. The van der Waals surface area contributed by atoms with E-state index in [1.165, 1.54) is 0 Å². The third-order valence-electron chi connectivity index (χ3n) is 3.17. The Hall–Kier alpha value is -1.58. The van der Waals surface area contributed by atoms with E-state index in [2.05, 4.69) is 9.97 Å². The number of hydrogen-bond donors (Lipinski definition) is 0. The van der Waals surface area contributed by atoms with Crippen LogP contribution in [0.15, 0.2) is 30.5 Å². The SMILES string of the molecule is Cc1ccc(-n2c(CCl)nc3cc(C)cnc32)c(Cl)c1. The van der Waals surface area contributed by atoms with E-state index in [1.807, 2.05) is 48.9 Å². The van der Waals surface area contributed by atoms with Gasteiger partial charge in [-0.1, -0.05) is 17.7 Å². The van der Waals surface area contributed by atoms with Gasteiger partial charge in [0.1, 0.15) is 11.3 Å². The molecule has 0 saturated heterocycles. The van der Waals surface area contributed by atoms with Crippen molar-refractivity contribution >= 4 is 34.4 Å². The predicted molar refractivity (Wildman–Crippen MR) is 82.9 cm³/mol. The minimum atomic E-state index is 0.305. The molecular weight excluding hydrogens is 293 g/mol. The Bertz CT molecular complexity index is 793. The van der Waals surface area contributed by atoms with Gasteiger partial charge in [0.25, 0.3) is 0 Å². The van der Waals surface area contributed by atoms with Crippen molar-refractivity contribution in [3.05, 3.63) is 52.4 Å². The molecule has 2 heterocycles. The third kappa shape index (κ3) is 2.17. The maximum absolute atomic E-state index is 6.36. The maximum Gasteiger partial charge on any atom is 0.164 e. The quantitative estimate of drug-likeness (QED) is 0.656. The van der Waals surface area contributed by atoms with Gasteiger partial charge < -0.3 is 0 Å². The normalized spacial score (nSPS) is 11.2. The number of pyridine rings is 1. The first-order valence-corrected chi connectivity index (χ1v) is 7.18. The molecule has 0 aliphatic carbocycles. The van der Waals surface area contributed by atoms with Crippen LogP contribution in [0.3, 0.4) is 0 Å². The molecule has 3 rings (SSSR count). The Morgan fingerprint density at radius 3 is 2.65 bits per heavy atom. The zero-order valence-electron chi connectivity index (χ0n) is 11.2. The number of aromatic nitrogens is 3. The van der Waals surface area contributed by atoms with E-state index in [9.17, 15) is 0 Å². The van der Waals surface area contributed by atoms with Crippen molar-refractivity contribution in [1.29, 1.82) is 0 Å². The van der Waals surface area contributed by atoms with Gasteiger partial charge in [-0.2, -0.15) is 0 Å². The Morgan fingerprint density at radius 1 is 1.15 bits per heavy atom. The van der Waals surface area contributed by atoms with E-state index >= 15 is 0 Å². The second-order valence-electron chi connectivity index (χ2n) is 4.81. The van der Waals surface area contributed by atoms with Gasteiger partial charge in [-0.25, -0.2) is 9.97 Å². The summed E-state index contributed by atoms with van der Waals surface area (Å²) < 4.78 is 1.92. The highest BCUT2D eigenvalue weighted by Gasteiger charge is 2.15. The van der Waals surface area contributed by atoms with Gasteiger partial charge in [0.2, 0.25) is 0 Å². The summed E-state index contributed by atoms with van der Waals surface area (Å²) in [5.41, 5.74) is 4.64. The fourth-order valence-corrected chi connectivity index (χ4v) is 2.75. The minimum Gasteiger partial charge on any atom is -0.278 e. The van der Waals surface area contributed by atoms with E-state index in [1.54, 1.807) is 0 Å². The summed E-state index contributed by atoms with van der Waals surface area (Å²) in [6.07, 6.45) is 1.82. The second kappa shape index (κ2) is 5.08. The van der Waals surface area contributed by atoms with Gasteiger partial charge in [0.05, 0.1) is 16.6 Å². The average Bonchev–Trinajstić information content (AvgIpc) is 2.76. The molecule has 3 aromatic rings. The molecule has 0 bridgehead atoms. The van der Waals surface area contributed by atoms with E-state index in [-0.39, 0.29) is 0 Å². The number of benzene rings is 1. The van der Waals surface area contributed by atoms with Crippen LogP contribution in [0.4, 0.5) is 0 Å². The first-order valence-electron chi connectivity index (χ1n) is 6.26. The van der Waals surface area contributed by atoms with Crippen molar-refractivity contribution in [3.8, 4) is 5.69 Å². The molecule has 0 saturated carbocycles. The monoisotopic (exact) mass is 305 g/mol. The largest absolute Gasteiger partial charge is 0.278 e. The minimum absolute atomic E-state index is 0.305. The second-order valence-corrected chi connectivity index (χ2v) is 5.48. The zero-order chi connectivity index (χ0) is 14.3. The molecule has 2 aromatic heterocycles. The molecule has 0 spiro atoms. The smallest absolute Gasteiger partial charge is 0.164 e. The predicted octanol–water partition coefficient (Wildman–Crippen LogP) is 4.43. The van der Waals surface area contributed by atoms with Gasteiger partial charge in [-0.05, 0) is 43.2 Å². The molecule has 5 heteroatoms. The number of fused-ring (bicyclic) bond motifs is 1. The highest BCUT2D eigenvalue weighted by Crippen LogP contribution is 2.27. The number of nitrogens with zero attached hydrogens (tertiary/aromatic N) is 3. The van der Waals surface area contributed by atoms with Crippen molar-refractivity contribution in [1.82, 2.24) is 14.5 Å². The molecule has 0 N–H and O–H groups in total. The summed E-state index contributed by atoms with van der Waals surface area (Å²) in [4.78, 5) is 9.01. The zero-order valence-corrected chi connectivity index (χ0v) is 12.7. The van der Waals surface area contributed by atoms with Crippen LogP contribution < -0.4 is 0 Å². The van der Waals surface area contributed by atoms with Crippen molar-refractivity contribution in [3.63, 3.8) is 0 Å². The van der Waals surface area contributed by atoms with E-state index in [0.29, 0.717) is 10.9 Å². The summed E-state index contributed by atoms with van der Waals surface area (Å²) in [5, 5.41) is 0.665. The fourth-order valence-electron chi connectivity index (χ4n) is 2.25. The van der Waals surface area contributed by atoms with Gasteiger partial charge in [0.15, 0.2) is 5.65 Å². The first kappa shape index (κ1) is 13.4. The molecule has 0 atom stereocenters. The van der Waals surface area contributed by atoms with Crippen LogP contribution in [0.25, 0.3) is 16.9 Å². The highest BCUT2D eigenvalue weighted by molar-refractivity contribution is 6.32. The maximum atomic E-state index is 6.36. The molecule has 0 unspecified atom stereocenters. The van der Waals surface area contributed by atoms with Crippen LogP contribution in [0.2, 0.25) is 5.02 Å². The number of aryl methyl sites for hydroxylation is 2. The molecule has 0 fully saturated rings. The lowest BCUT2D eigenvalue weighted by atomic mass is 10.2. The third-order valence-corrected chi connectivity index (χ3v) is 3.71. The van der Waals surface area contributed by atoms with Crippen LogP contribution in [0.1, 0.15) is 17.0 Å². The van der Waals surface area contributed by atoms with Crippen LogP contribution in [0, 0.1) is 13.8 Å². The Balaban J connectivity index is 2.34. The summed E-state index contributed by atoms with van der Waals surface area (Å²) in [6, 6.07) is 7.90. The number of imidazole rings is 1. The lowest BCUT2D eigenvalue weighted by molar-refractivity contribution is 0.969. The Morgan fingerprint density at radius 2 is 1.95 bits per heavy atom. The van der Waals surface area contributed by atoms with E-state index in [4.69, 9.17) is 23.2 Å². The van der Waals surface area contributed by atoms with Gasteiger partial charge in [-0.15, -0.1) is 11.6 Å². The standard InChI is InChI=1S/C15H13Cl2N3/c1-9-3-4-13(11(17)5-9)20-14(7-16)19-12-6-10(2)8-18-15(12)20/h3-6,8H,7H2,1-2H3. The van der Waals surface area contributed by atoms with Crippen LogP contribution >= 0.6 is 23.2 Å². The van der Waals surface area contributed by atoms with Crippen molar-refractivity contribution in [2.45, 2.75) is 19.7 Å². The van der Waals surface area contributed by atoms with Crippen LogP contribution in [-0.4, -0.2) is 14.5 Å². The van der Waals surface area contributed by atoms with Crippen molar-refractivity contribution in [2.75, 3.05) is 0 Å². The van der Waals surface area contributed by atoms with Crippen molar-refractivity contribution < 1.29 is 0 Å². The molecule has 1 aromatic carbocycles. The molecule has 0 aliphatic heterocycles. The molecule has 3 nitrogen and oxygen atoms in total. The topological polar surface area (TPSA) is 30.7 Å². The molecule has 0 radical (unpaired) electrons. The summed E-state index contributed by atoms with van der Waals surface area (Å²) in [7, 11) is 0. The molecule has 0 amide bonds. The summed E-state index contributed by atoms with van der Waals surface area (Å²) in [5.74, 6) is 1.05. The molecule has 0 aliphatic rings. The average molecular weight is 306 g/mol. The van der Waals surface area contributed by atoms with Gasteiger partial charge >= 0.3 is 0 Å². The van der Waals surface area contributed by atoms with E-state index in [0.717, 1.165) is 33.8 Å². The molecule has 20 heavy (non-hydrogen) atoms. The first-order chi connectivity index (χ1) is 9.60. The lowest BCUT2D eigenvalue weighted by Crippen LogP contribution is -2.01. The van der Waals surface area contributed by atoms with Crippen LogP contribution in [-0.2, 0) is 5.88 Å². The summed E-state index contributed by atoms with van der Waals surface area (Å²) in [6.45, 7) is 4.00. The number of halogens is 2. The lowest BCUT2D eigenvalue weighted by Gasteiger charge is -2.10.